The summed E-state index contributed by atoms with van der Waals surface area (Å²) in [7, 11) is 0. The van der Waals surface area contributed by atoms with Gasteiger partial charge in [0.15, 0.2) is 0 Å². The van der Waals surface area contributed by atoms with Crippen LogP contribution in [0.2, 0.25) is 0 Å². The van der Waals surface area contributed by atoms with E-state index in [1.807, 2.05) is 47.6 Å². The van der Waals surface area contributed by atoms with Gasteiger partial charge in [-0.3, -0.25) is 24.0 Å². The first-order chi connectivity index (χ1) is 25.8. The average molecular weight is 760 g/mol. The summed E-state index contributed by atoms with van der Waals surface area (Å²) in [6.45, 7) is 9.90. The van der Waals surface area contributed by atoms with Crippen LogP contribution in [0.3, 0.4) is 0 Å². The molecular weight excluding hydrogens is 706 g/mol. The molecule has 0 saturated carbocycles. The Morgan fingerprint density at radius 3 is 1.82 bits per heavy atom. The van der Waals surface area contributed by atoms with Crippen LogP contribution in [0.4, 0.5) is 0 Å². The molecule has 296 valence electrons. The molecule has 3 rings (SSSR count). The number of aromatic hydroxyl groups is 2. The number of benzene rings is 3. The van der Waals surface area contributed by atoms with Crippen molar-refractivity contribution in [2.75, 3.05) is 13.1 Å². The Morgan fingerprint density at radius 2 is 1.24 bits per heavy atom. The van der Waals surface area contributed by atoms with E-state index in [1.165, 1.54) is 12.1 Å². The van der Waals surface area contributed by atoms with Crippen molar-refractivity contribution >= 4 is 35.5 Å². The molecule has 14 heteroatoms. The molecule has 0 aliphatic heterocycles. The van der Waals surface area contributed by atoms with Crippen LogP contribution in [0, 0.1) is 19.8 Å². The van der Waals surface area contributed by atoms with Crippen LogP contribution in [0.15, 0.2) is 66.7 Å². The van der Waals surface area contributed by atoms with E-state index in [2.05, 4.69) is 26.6 Å². The normalized spacial score (nSPS) is 12.9. The van der Waals surface area contributed by atoms with Gasteiger partial charge in [0.25, 0.3) is 0 Å². The summed E-state index contributed by atoms with van der Waals surface area (Å²) in [5, 5.41) is 42.7. The second kappa shape index (κ2) is 20.0. The first-order valence-corrected chi connectivity index (χ1v) is 18.1. The zero-order chi connectivity index (χ0) is 40.9. The summed E-state index contributed by atoms with van der Waals surface area (Å²) in [5.41, 5.74) is 2.83. The molecule has 3 aromatic carbocycles. The molecule has 3 atom stereocenters. The van der Waals surface area contributed by atoms with Crippen LogP contribution in [-0.2, 0) is 47.0 Å². The Labute approximate surface area is 321 Å². The van der Waals surface area contributed by atoms with Gasteiger partial charge in [-0.15, -0.1) is 0 Å². The first kappa shape index (κ1) is 43.5. The van der Waals surface area contributed by atoms with Gasteiger partial charge >= 0.3 is 5.97 Å². The highest BCUT2D eigenvalue weighted by molar-refractivity contribution is 5.94. The quantitative estimate of drug-likeness (QED) is 0.0899. The number of aryl methyl sites for hydroxylation is 2. The van der Waals surface area contributed by atoms with Crippen molar-refractivity contribution in [2.24, 2.45) is 5.92 Å². The number of rotatable bonds is 19. The lowest BCUT2D eigenvalue weighted by atomic mass is 9.78. The minimum Gasteiger partial charge on any atom is -0.508 e. The van der Waals surface area contributed by atoms with Crippen LogP contribution >= 0.6 is 0 Å². The maximum Gasteiger partial charge on any atom is 0.326 e. The van der Waals surface area contributed by atoms with Gasteiger partial charge in [0.05, 0.1) is 13.1 Å². The van der Waals surface area contributed by atoms with Gasteiger partial charge in [0, 0.05) is 30.2 Å². The minimum absolute atomic E-state index is 0.0189. The lowest BCUT2D eigenvalue weighted by molar-refractivity contribution is -0.142. The molecule has 0 unspecified atom stereocenters. The van der Waals surface area contributed by atoms with Gasteiger partial charge in [0.1, 0.15) is 29.6 Å². The topological polar surface area (TPSA) is 223 Å². The maximum absolute atomic E-state index is 13.4. The van der Waals surface area contributed by atoms with Crippen molar-refractivity contribution in [2.45, 2.75) is 90.8 Å². The van der Waals surface area contributed by atoms with Gasteiger partial charge in [-0.05, 0) is 66.6 Å². The number of nitrogens with one attached hydrogen (secondary N) is 5. The third kappa shape index (κ3) is 14.1. The van der Waals surface area contributed by atoms with Gasteiger partial charge in [0.2, 0.25) is 29.5 Å². The van der Waals surface area contributed by atoms with Crippen LogP contribution in [-0.4, -0.2) is 82.0 Å². The van der Waals surface area contributed by atoms with Crippen molar-refractivity contribution < 1.29 is 44.1 Å². The van der Waals surface area contributed by atoms with E-state index in [1.54, 1.807) is 48.5 Å². The number of hydrogen-bond acceptors (Lipinski definition) is 8. The number of amides is 5. The molecule has 0 saturated heterocycles. The fraction of sp³-hybridized carbons (Fsp3) is 0.415. The molecule has 0 radical (unpaired) electrons. The fourth-order valence-corrected chi connectivity index (χ4v) is 6.44. The third-order valence-corrected chi connectivity index (χ3v) is 8.89. The van der Waals surface area contributed by atoms with E-state index in [9.17, 15) is 44.1 Å². The number of phenols is 2. The molecule has 8 N–H and O–H groups in total. The minimum atomic E-state index is -1.20. The van der Waals surface area contributed by atoms with E-state index in [0.29, 0.717) is 16.7 Å². The van der Waals surface area contributed by atoms with Crippen molar-refractivity contribution in [3.05, 3.63) is 94.5 Å². The highest BCUT2D eigenvalue weighted by Crippen LogP contribution is 2.37. The SMILES string of the molecule is Cc1cc(C)c(C(C)(C)CC(=O)N[C@@H](Cc2ccc(O)cc2)C(=O)NCC(=O)NCC(=O)N[C@@H](Cc2ccccc2)C(=O)N[C@@H](CC(C)C)C(=O)O)c(O)c1. The predicted octanol–water partition coefficient (Wildman–Crippen LogP) is 2.69. The number of phenolic OH excluding ortho intramolecular Hbond substituents is 2. The summed E-state index contributed by atoms with van der Waals surface area (Å²) in [6.07, 6.45) is 0.205. The van der Waals surface area contributed by atoms with E-state index in [-0.39, 0.29) is 43.1 Å². The smallest absolute Gasteiger partial charge is 0.326 e. The van der Waals surface area contributed by atoms with Crippen LogP contribution in [0.1, 0.15) is 68.4 Å². The Balaban J connectivity index is 1.64. The number of carbonyl (C=O) groups is 6. The summed E-state index contributed by atoms with van der Waals surface area (Å²) in [6, 6.07) is 15.0. The van der Waals surface area contributed by atoms with Crippen molar-refractivity contribution in [1.82, 2.24) is 26.6 Å². The Hall–Kier alpha value is -5.92. The molecule has 0 aliphatic rings. The van der Waals surface area contributed by atoms with Crippen molar-refractivity contribution in [3.63, 3.8) is 0 Å². The largest absolute Gasteiger partial charge is 0.508 e. The summed E-state index contributed by atoms with van der Waals surface area (Å²) >= 11 is 0. The summed E-state index contributed by atoms with van der Waals surface area (Å²) in [5.74, 6) is -4.43. The molecule has 14 nitrogen and oxygen atoms in total. The number of hydrogen-bond donors (Lipinski definition) is 8. The first-order valence-electron chi connectivity index (χ1n) is 18.1. The van der Waals surface area contributed by atoms with E-state index in [0.717, 1.165) is 11.1 Å². The number of carboxylic acids is 1. The zero-order valence-electron chi connectivity index (χ0n) is 32.2. The maximum atomic E-state index is 13.4. The highest BCUT2D eigenvalue weighted by Gasteiger charge is 2.32. The van der Waals surface area contributed by atoms with Crippen molar-refractivity contribution in [1.29, 1.82) is 0 Å². The molecule has 0 fully saturated rings. The predicted molar refractivity (Wildman–Crippen MR) is 206 cm³/mol. The molecule has 0 bridgehead atoms. The molecule has 0 aromatic heterocycles. The van der Waals surface area contributed by atoms with Crippen LogP contribution < -0.4 is 26.6 Å². The monoisotopic (exact) mass is 759 g/mol. The second-order valence-corrected chi connectivity index (χ2v) is 14.9. The highest BCUT2D eigenvalue weighted by atomic mass is 16.4. The number of carbonyl (C=O) groups excluding carboxylic acids is 5. The molecule has 0 aliphatic carbocycles. The molecule has 5 amide bonds. The lowest BCUT2D eigenvalue weighted by Crippen LogP contribution is -2.54. The Morgan fingerprint density at radius 1 is 0.673 bits per heavy atom. The molecule has 3 aromatic rings. The number of aliphatic carboxylic acids is 1. The van der Waals surface area contributed by atoms with Gasteiger partial charge in [-0.1, -0.05) is 76.2 Å². The van der Waals surface area contributed by atoms with E-state index < -0.39 is 72.1 Å². The summed E-state index contributed by atoms with van der Waals surface area (Å²) < 4.78 is 0. The van der Waals surface area contributed by atoms with Gasteiger partial charge in [-0.2, -0.15) is 0 Å². The standard InChI is InChI=1S/C41H53N5O9/c1-24(2)16-32(40(54)55)46-39(53)31(19-27-10-8-7-9-11-27)45-36(51)23-42-35(50)22-43-38(52)30(20-28-12-14-29(47)15-13-28)44-34(49)21-41(5,6)37-26(4)17-25(3)18-33(37)48/h7-15,17-18,24,30-32,47-48H,16,19-23H2,1-6H3,(H,42,50)(H,43,52)(H,44,49)(H,45,51)(H,46,53)(H,54,55)/t30-,31-,32-/m0/s1. The average Bonchev–Trinajstić information content (AvgIpc) is 3.09. The lowest BCUT2D eigenvalue weighted by Gasteiger charge is -2.29. The second-order valence-electron chi connectivity index (χ2n) is 14.9. The summed E-state index contributed by atoms with van der Waals surface area (Å²) in [4.78, 5) is 77.5. The zero-order valence-corrected chi connectivity index (χ0v) is 32.2. The van der Waals surface area contributed by atoms with Crippen LogP contribution in [0.25, 0.3) is 0 Å². The molecule has 0 spiro atoms. The molecule has 0 heterocycles. The number of carboxylic acid groups (broad SMARTS) is 1. The third-order valence-electron chi connectivity index (χ3n) is 8.89. The Kier molecular flexibility index (Phi) is 15.8. The molecule has 55 heavy (non-hydrogen) atoms. The fourth-order valence-electron chi connectivity index (χ4n) is 6.44. The van der Waals surface area contributed by atoms with Crippen LogP contribution in [0.5, 0.6) is 11.5 Å². The Bertz CT molecular complexity index is 1800. The van der Waals surface area contributed by atoms with Gasteiger partial charge < -0.3 is 41.9 Å². The van der Waals surface area contributed by atoms with Gasteiger partial charge in [-0.25, -0.2) is 4.79 Å². The molecular formula is C41H53N5O9. The van der Waals surface area contributed by atoms with E-state index >= 15 is 0 Å². The van der Waals surface area contributed by atoms with Crippen molar-refractivity contribution in [3.8, 4) is 11.5 Å². The van der Waals surface area contributed by atoms with E-state index in [4.69, 9.17) is 0 Å².